The standard InChI is InChI=1S/C59H53N4P/c1-34-28-37(4)53(38(5)29-34)56-45-20-22-47(60-45)57(54-39(6)30-35(2)31-40(54)7)49-24-26-51(62-49)59(64(43-16-12-10-13-17-43)44-18-14-11-15-19-44)52-27-25-50(63-52)58(48-23-21-46(56)61-48)55-41(8)32-36(3)33-42(55)9/h10-33,60,63H,1-9H3. The number of H-pyrrole nitrogens is 2. The number of nitrogens with zero attached hydrogens (tertiary/aromatic N) is 2. The van der Waals surface area contributed by atoms with Gasteiger partial charge in [0.1, 0.15) is 0 Å². The van der Waals surface area contributed by atoms with E-state index in [2.05, 4.69) is 218 Å². The van der Waals surface area contributed by atoms with Gasteiger partial charge in [0.2, 0.25) is 0 Å². The molecule has 314 valence electrons. The van der Waals surface area contributed by atoms with E-state index >= 15 is 0 Å². The third-order valence-corrected chi connectivity index (χ3v) is 15.3. The molecule has 0 radical (unpaired) electrons. The second kappa shape index (κ2) is 16.4. The first kappa shape index (κ1) is 41.2. The van der Waals surface area contributed by atoms with E-state index in [-0.39, 0.29) is 0 Å². The summed E-state index contributed by atoms with van der Waals surface area (Å²) in [6.07, 6.45) is 8.91. The minimum absolute atomic E-state index is 0.930. The van der Waals surface area contributed by atoms with Crippen molar-refractivity contribution in [1.82, 2.24) is 19.9 Å². The van der Waals surface area contributed by atoms with Crippen molar-refractivity contribution in [2.24, 2.45) is 0 Å². The van der Waals surface area contributed by atoms with Crippen LogP contribution in [0.2, 0.25) is 0 Å². The van der Waals surface area contributed by atoms with E-state index in [1.54, 1.807) is 0 Å². The molecule has 0 atom stereocenters. The Morgan fingerprint density at radius 2 is 0.625 bits per heavy atom. The van der Waals surface area contributed by atoms with Gasteiger partial charge in [0, 0.05) is 44.1 Å². The molecule has 0 saturated carbocycles. The van der Waals surface area contributed by atoms with Gasteiger partial charge in [-0.15, -0.1) is 0 Å². The number of benzene rings is 5. The Kier molecular flexibility index (Phi) is 10.5. The van der Waals surface area contributed by atoms with Gasteiger partial charge in [0.05, 0.1) is 22.8 Å². The van der Waals surface area contributed by atoms with Crippen LogP contribution >= 0.6 is 7.92 Å². The molecule has 8 aromatic rings. The number of hydrogen-bond donors (Lipinski definition) is 2. The minimum atomic E-state index is -1.07. The van der Waals surface area contributed by atoms with Gasteiger partial charge >= 0.3 is 0 Å². The van der Waals surface area contributed by atoms with Crippen molar-refractivity contribution in [2.75, 3.05) is 0 Å². The lowest BCUT2D eigenvalue weighted by Gasteiger charge is -2.20. The number of hydrogen-bond acceptors (Lipinski definition) is 2. The Morgan fingerprint density at radius 3 is 0.984 bits per heavy atom. The van der Waals surface area contributed by atoms with E-state index in [4.69, 9.17) is 9.97 Å². The molecular formula is C59H53N4P. The zero-order valence-electron chi connectivity index (χ0n) is 38.2. The summed E-state index contributed by atoms with van der Waals surface area (Å²) in [4.78, 5) is 19.5. The van der Waals surface area contributed by atoms with Gasteiger partial charge in [-0.3, -0.25) is 0 Å². The van der Waals surface area contributed by atoms with Gasteiger partial charge < -0.3 is 9.97 Å². The lowest BCUT2D eigenvalue weighted by atomic mass is 9.92. The quantitative estimate of drug-likeness (QED) is 0.164. The molecule has 0 unspecified atom stereocenters. The largest absolute Gasteiger partial charge is 0.354 e. The normalized spacial score (nSPS) is 12.2. The van der Waals surface area contributed by atoms with Crippen molar-refractivity contribution < 1.29 is 0 Å². The molecule has 0 fully saturated rings. The summed E-state index contributed by atoms with van der Waals surface area (Å²) in [5.74, 6) is 0. The first-order chi connectivity index (χ1) is 30.9. The summed E-state index contributed by atoms with van der Waals surface area (Å²) < 4.78 is 0. The predicted molar refractivity (Wildman–Crippen MR) is 277 cm³/mol. The molecule has 10 rings (SSSR count). The van der Waals surface area contributed by atoms with Crippen LogP contribution in [0.15, 0.2) is 121 Å². The van der Waals surface area contributed by atoms with E-state index in [9.17, 15) is 0 Å². The number of rotatable bonds is 6. The van der Waals surface area contributed by atoms with Crippen LogP contribution < -0.4 is 15.9 Å². The molecule has 5 heteroatoms. The van der Waals surface area contributed by atoms with Crippen LogP contribution in [0, 0.1) is 62.3 Å². The number of nitrogens with one attached hydrogen (secondary N) is 2. The lowest BCUT2D eigenvalue weighted by molar-refractivity contribution is 1.27. The van der Waals surface area contributed by atoms with Crippen molar-refractivity contribution in [3.63, 3.8) is 0 Å². The number of aromatic amines is 2. The van der Waals surface area contributed by atoms with E-state index in [1.807, 2.05) is 0 Å². The van der Waals surface area contributed by atoms with E-state index in [0.717, 1.165) is 61.5 Å². The molecule has 4 nitrogen and oxygen atoms in total. The molecule has 5 aromatic carbocycles. The Hall–Kier alpha value is -6.87. The van der Waals surface area contributed by atoms with Crippen LogP contribution in [0.4, 0.5) is 0 Å². The highest BCUT2D eigenvalue weighted by Gasteiger charge is 2.26. The fourth-order valence-corrected chi connectivity index (χ4v) is 13.0. The van der Waals surface area contributed by atoms with Crippen molar-refractivity contribution in [3.8, 4) is 33.4 Å². The van der Waals surface area contributed by atoms with Crippen LogP contribution in [-0.4, -0.2) is 19.9 Å². The average molecular weight is 849 g/mol. The molecule has 8 bridgehead atoms. The molecule has 0 aliphatic carbocycles. The minimum Gasteiger partial charge on any atom is -0.354 e. The first-order valence-electron chi connectivity index (χ1n) is 22.2. The van der Waals surface area contributed by atoms with Crippen LogP contribution in [0.5, 0.6) is 0 Å². The van der Waals surface area contributed by atoms with E-state index in [1.165, 1.54) is 82.7 Å². The summed E-state index contributed by atoms with van der Waals surface area (Å²) in [6, 6.07) is 44.7. The van der Waals surface area contributed by atoms with Crippen LogP contribution in [0.3, 0.4) is 0 Å². The maximum Gasteiger partial charge on any atom is 0.0742 e. The van der Waals surface area contributed by atoms with Gasteiger partial charge in [0.15, 0.2) is 0 Å². The SMILES string of the molecule is Cc1cc(C)c(-c2c3nc(c(-c4c(C)cc(C)cc4C)c4ccc([nH]4)c(P(c4ccccc4)c4ccccc4)c4nc(c(-c5c(C)cc(C)cc5C)c5ccc2[nH]5)C=C4)C=C3)c(C)c1. The Labute approximate surface area is 378 Å². The smallest absolute Gasteiger partial charge is 0.0742 e. The molecule has 3 aromatic heterocycles. The Balaban J connectivity index is 1.44. The molecule has 2 aliphatic rings. The Morgan fingerprint density at radius 1 is 0.328 bits per heavy atom. The second-order valence-corrected chi connectivity index (χ2v) is 20.0. The number of fused-ring (bicyclic) bond motifs is 8. The number of aromatic nitrogens is 4. The molecule has 0 amide bonds. The number of aryl methyl sites for hydroxylation is 9. The van der Waals surface area contributed by atoms with Crippen molar-refractivity contribution >= 4 is 70.2 Å². The van der Waals surface area contributed by atoms with E-state index < -0.39 is 7.92 Å². The highest BCUT2D eigenvalue weighted by Crippen LogP contribution is 2.43. The summed E-state index contributed by atoms with van der Waals surface area (Å²) >= 11 is 0. The van der Waals surface area contributed by atoms with Crippen molar-refractivity contribution in [3.05, 3.63) is 194 Å². The zero-order valence-corrected chi connectivity index (χ0v) is 39.1. The van der Waals surface area contributed by atoms with Crippen LogP contribution in [0.25, 0.3) is 79.8 Å². The third kappa shape index (κ3) is 7.26. The molecular weight excluding hydrogens is 796 g/mol. The van der Waals surface area contributed by atoms with Crippen LogP contribution in [0.1, 0.15) is 72.8 Å². The van der Waals surface area contributed by atoms with Gasteiger partial charge in [-0.05, 0) is 179 Å². The highest BCUT2D eigenvalue weighted by atomic mass is 31.1. The zero-order chi connectivity index (χ0) is 44.4. The van der Waals surface area contributed by atoms with Gasteiger partial charge in [-0.25, -0.2) is 9.97 Å². The van der Waals surface area contributed by atoms with Gasteiger partial charge in [-0.1, -0.05) is 114 Å². The predicted octanol–water partition coefficient (Wildman–Crippen LogP) is 14.2. The van der Waals surface area contributed by atoms with Gasteiger partial charge in [0.25, 0.3) is 0 Å². The highest BCUT2D eigenvalue weighted by molar-refractivity contribution is 7.80. The third-order valence-electron chi connectivity index (χ3n) is 12.8. The second-order valence-electron chi connectivity index (χ2n) is 17.8. The van der Waals surface area contributed by atoms with Gasteiger partial charge in [-0.2, -0.15) is 0 Å². The maximum atomic E-state index is 5.74. The molecule has 2 aliphatic heterocycles. The Bertz CT molecular complexity index is 3250. The fourth-order valence-electron chi connectivity index (χ4n) is 10.5. The molecule has 2 N–H and O–H groups in total. The summed E-state index contributed by atoms with van der Waals surface area (Å²) in [5.41, 5.74) is 25.8. The monoisotopic (exact) mass is 848 g/mol. The van der Waals surface area contributed by atoms with Crippen LogP contribution in [-0.2, 0) is 0 Å². The molecule has 0 saturated heterocycles. The lowest BCUT2D eigenvalue weighted by Crippen LogP contribution is -2.23. The average Bonchev–Trinajstić information content (AvgIpc) is 4.10. The molecule has 0 spiro atoms. The molecule has 64 heavy (non-hydrogen) atoms. The fraction of sp³-hybridized carbons (Fsp3) is 0.153. The van der Waals surface area contributed by atoms with Crippen molar-refractivity contribution in [2.45, 2.75) is 62.3 Å². The molecule has 5 heterocycles. The summed E-state index contributed by atoms with van der Waals surface area (Å²) in [7, 11) is -1.07. The van der Waals surface area contributed by atoms with Crippen molar-refractivity contribution in [1.29, 1.82) is 0 Å². The first-order valence-corrected chi connectivity index (χ1v) is 23.6. The van der Waals surface area contributed by atoms with E-state index in [0.29, 0.717) is 0 Å². The summed E-state index contributed by atoms with van der Waals surface area (Å²) in [5, 5.41) is 3.70. The topological polar surface area (TPSA) is 57.4 Å². The maximum absolute atomic E-state index is 5.74. The summed E-state index contributed by atoms with van der Waals surface area (Å²) in [6.45, 7) is 19.9.